The second kappa shape index (κ2) is 6.60. The van der Waals surface area contributed by atoms with E-state index >= 15 is 0 Å². The number of nitrogens with zero attached hydrogens (tertiary/aromatic N) is 3. The summed E-state index contributed by atoms with van der Waals surface area (Å²) in [6, 6.07) is 10.4. The van der Waals surface area contributed by atoms with Crippen LogP contribution in [0.2, 0.25) is 0 Å². The Labute approximate surface area is 129 Å². The number of aryl methyl sites for hydroxylation is 2. The number of rotatable bonds is 6. The Morgan fingerprint density at radius 3 is 2.86 bits per heavy atom. The number of amides is 1. The molecule has 1 unspecified atom stereocenters. The molecule has 0 spiro atoms. The molecular formula is C16H20N4O2. The van der Waals surface area contributed by atoms with Crippen molar-refractivity contribution in [1.82, 2.24) is 10.2 Å². The van der Waals surface area contributed by atoms with Gasteiger partial charge in [-0.3, -0.25) is 4.79 Å². The second-order valence-corrected chi connectivity index (χ2v) is 5.57. The molecule has 116 valence electrons. The van der Waals surface area contributed by atoms with Gasteiger partial charge in [-0.25, -0.2) is 0 Å². The fraction of sp³-hybridized carbons (Fsp3) is 0.438. The van der Waals surface area contributed by atoms with Crippen LogP contribution in [0.1, 0.15) is 30.7 Å². The molecular weight excluding hydrogens is 280 g/mol. The molecule has 0 bridgehead atoms. The van der Waals surface area contributed by atoms with E-state index in [1.54, 1.807) is 0 Å². The molecule has 0 saturated carbocycles. The second-order valence-electron chi connectivity index (χ2n) is 5.57. The topological polar surface area (TPSA) is 85.3 Å². The minimum absolute atomic E-state index is 0.322. The lowest BCUT2D eigenvalue weighted by Gasteiger charge is -2.18. The number of primary amides is 1. The first-order valence-corrected chi connectivity index (χ1v) is 7.66. The summed E-state index contributed by atoms with van der Waals surface area (Å²) in [4.78, 5) is 13.2. The highest BCUT2D eigenvalue weighted by Gasteiger charge is 2.32. The Morgan fingerprint density at radius 2 is 2.09 bits per heavy atom. The van der Waals surface area contributed by atoms with Crippen LogP contribution in [0.4, 0.5) is 6.01 Å². The van der Waals surface area contributed by atoms with Crippen molar-refractivity contribution in [3.05, 3.63) is 41.8 Å². The zero-order valence-electron chi connectivity index (χ0n) is 12.4. The van der Waals surface area contributed by atoms with Crippen LogP contribution in [0.3, 0.4) is 0 Å². The first kappa shape index (κ1) is 14.6. The van der Waals surface area contributed by atoms with Crippen molar-refractivity contribution >= 4 is 11.9 Å². The molecule has 6 nitrogen and oxygen atoms in total. The van der Waals surface area contributed by atoms with Gasteiger partial charge >= 0.3 is 6.01 Å². The molecule has 1 fully saturated rings. The highest BCUT2D eigenvalue weighted by Crippen LogP contribution is 2.24. The minimum atomic E-state index is -0.332. The van der Waals surface area contributed by atoms with Crippen molar-refractivity contribution in [2.75, 3.05) is 11.4 Å². The predicted molar refractivity (Wildman–Crippen MR) is 82.3 cm³/mol. The summed E-state index contributed by atoms with van der Waals surface area (Å²) in [6.07, 6.45) is 4.33. The van der Waals surface area contributed by atoms with Crippen LogP contribution in [0.5, 0.6) is 0 Å². The molecule has 3 rings (SSSR count). The van der Waals surface area contributed by atoms with Gasteiger partial charge < -0.3 is 15.1 Å². The molecule has 1 saturated heterocycles. The van der Waals surface area contributed by atoms with Gasteiger partial charge in [-0.1, -0.05) is 35.4 Å². The van der Waals surface area contributed by atoms with Crippen molar-refractivity contribution in [3.8, 4) is 0 Å². The lowest BCUT2D eigenvalue weighted by atomic mass is 10.1. The van der Waals surface area contributed by atoms with Crippen molar-refractivity contribution < 1.29 is 9.21 Å². The Hall–Kier alpha value is -2.37. The number of anilines is 1. The molecule has 1 aromatic heterocycles. The van der Waals surface area contributed by atoms with Crippen molar-refractivity contribution in [2.45, 2.75) is 38.1 Å². The SMILES string of the molecule is NC(=O)C1CCCN1c1nnc(CCCc2ccccc2)o1. The van der Waals surface area contributed by atoms with E-state index in [2.05, 4.69) is 22.3 Å². The fourth-order valence-corrected chi connectivity index (χ4v) is 2.84. The first-order valence-electron chi connectivity index (χ1n) is 7.66. The van der Waals surface area contributed by atoms with Crippen molar-refractivity contribution in [3.63, 3.8) is 0 Å². The highest BCUT2D eigenvalue weighted by atomic mass is 16.4. The molecule has 1 atom stereocenters. The van der Waals surface area contributed by atoms with Gasteiger partial charge in [0.1, 0.15) is 6.04 Å². The molecule has 1 aliphatic heterocycles. The quantitative estimate of drug-likeness (QED) is 0.877. The van der Waals surface area contributed by atoms with Gasteiger partial charge in [-0.15, -0.1) is 5.10 Å². The maximum Gasteiger partial charge on any atom is 0.318 e. The van der Waals surface area contributed by atoms with Crippen LogP contribution in [-0.4, -0.2) is 28.7 Å². The number of aromatic nitrogens is 2. The fourth-order valence-electron chi connectivity index (χ4n) is 2.84. The van der Waals surface area contributed by atoms with Crippen LogP contribution in [0.15, 0.2) is 34.7 Å². The zero-order chi connectivity index (χ0) is 15.4. The average Bonchev–Trinajstić information content (AvgIpc) is 3.17. The van der Waals surface area contributed by atoms with E-state index in [4.69, 9.17) is 10.2 Å². The van der Waals surface area contributed by atoms with Gasteiger partial charge in [0.2, 0.25) is 11.8 Å². The molecule has 0 radical (unpaired) electrons. The van der Waals surface area contributed by atoms with E-state index in [1.807, 2.05) is 23.1 Å². The average molecular weight is 300 g/mol. The molecule has 22 heavy (non-hydrogen) atoms. The number of nitrogens with two attached hydrogens (primary N) is 1. The lowest BCUT2D eigenvalue weighted by molar-refractivity contribution is -0.119. The number of carbonyl (C=O) groups excluding carboxylic acids is 1. The summed E-state index contributed by atoms with van der Waals surface area (Å²) in [5.74, 6) is 0.280. The van der Waals surface area contributed by atoms with Crippen LogP contribution in [0.25, 0.3) is 0 Å². The largest absolute Gasteiger partial charge is 0.408 e. The van der Waals surface area contributed by atoms with Crippen LogP contribution in [0, 0.1) is 0 Å². The summed E-state index contributed by atoms with van der Waals surface area (Å²) in [5, 5.41) is 8.13. The van der Waals surface area contributed by atoms with Crippen molar-refractivity contribution in [1.29, 1.82) is 0 Å². The Morgan fingerprint density at radius 1 is 1.27 bits per heavy atom. The number of carbonyl (C=O) groups is 1. The van der Waals surface area contributed by atoms with Gasteiger partial charge in [0.05, 0.1) is 0 Å². The van der Waals surface area contributed by atoms with E-state index in [0.29, 0.717) is 11.9 Å². The summed E-state index contributed by atoms with van der Waals surface area (Å²) in [6.45, 7) is 0.735. The summed E-state index contributed by atoms with van der Waals surface area (Å²) in [5.41, 5.74) is 6.71. The van der Waals surface area contributed by atoms with Gasteiger partial charge in [0.15, 0.2) is 0 Å². The van der Waals surface area contributed by atoms with Gasteiger partial charge in [0, 0.05) is 13.0 Å². The Kier molecular flexibility index (Phi) is 4.37. The van der Waals surface area contributed by atoms with E-state index < -0.39 is 0 Å². The van der Waals surface area contributed by atoms with E-state index in [1.165, 1.54) is 5.56 Å². The molecule has 1 aliphatic rings. The zero-order valence-corrected chi connectivity index (χ0v) is 12.4. The first-order chi connectivity index (χ1) is 10.7. The maximum atomic E-state index is 11.4. The monoisotopic (exact) mass is 300 g/mol. The predicted octanol–water partition coefficient (Wildman–Crippen LogP) is 1.70. The standard InChI is InChI=1S/C16H20N4O2/c17-15(21)13-9-5-11-20(13)16-19-18-14(22-16)10-4-8-12-6-2-1-3-7-12/h1-3,6-7,13H,4-5,8-11H2,(H2,17,21). The van der Waals surface area contributed by atoms with Gasteiger partial charge in [-0.2, -0.15) is 0 Å². The molecule has 0 aliphatic carbocycles. The third-order valence-corrected chi connectivity index (χ3v) is 3.98. The third kappa shape index (κ3) is 3.27. The molecule has 2 aromatic rings. The molecule has 1 amide bonds. The third-order valence-electron chi connectivity index (χ3n) is 3.98. The van der Waals surface area contributed by atoms with Gasteiger partial charge in [-0.05, 0) is 31.2 Å². The molecule has 1 aromatic carbocycles. The number of hydrogen-bond donors (Lipinski definition) is 1. The smallest absolute Gasteiger partial charge is 0.318 e. The normalized spacial score (nSPS) is 17.8. The summed E-state index contributed by atoms with van der Waals surface area (Å²) < 4.78 is 5.68. The van der Waals surface area contributed by atoms with Crippen molar-refractivity contribution in [2.24, 2.45) is 5.73 Å². The van der Waals surface area contributed by atoms with Crippen LogP contribution in [-0.2, 0) is 17.6 Å². The number of benzene rings is 1. The minimum Gasteiger partial charge on any atom is -0.408 e. The highest BCUT2D eigenvalue weighted by molar-refractivity contribution is 5.83. The Bertz CT molecular complexity index is 626. The summed E-state index contributed by atoms with van der Waals surface area (Å²) in [7, 11) is 0. The molecule has 2 N–H and O–H groups in total. The van der Waals surface area contributed by atoms with E-state index in [0.717, 1.165) is 38.6 Å². The lowest BCUT2D eigenvalue weighted by Crippen LogP contribution is -2.40. The molecule has 2 heterocycles. The maximum absolute atomic E-state index is 11.4. The van der Waals surface area contributed by atoms with E-state index in [9.17, 15) is 4.79 Å². The number of hydrogen-bond acceptors (Lipinski definition) is 5. The molecule has 6 heteroatoms. The van der Waals surface area contributed by atoms with E-state index in [-0.39, 0.29) is 11.9 Å². The van der Waals surface area contributed by atoms with Gasteiger partial charge in [0.25, 0.3) is 0 Å². The van der Waals surface area contributed by atoms with Crippen LogP contribution >= 0.6 is 0 Å². The Balaban J connectivity index is 1.56. The van der Waals surface area contributed by atoms with Crippen LogP contribution < -0.4 is 10.6 Å². The summed E-state index contributed by atoms with van der Waals surface area (Å²) >= 11 is 0.